The minimum absolute atomic E-state index is 0.185. The summed E-state index contributed by atoms with van der Waals surface area (Å²) in [5.41, 5.74) is 0. The zero-order valence-corrected chi connectivity index (χ0v) is 15.0. The summed E-state index contributed by atoms with van der Waals surface area (Å²) in [6.45, 7) is 0. The molecule has 0 aliphatic heterocycles. The fourth-order valence-electron chi connectivity index (χ4n) is 1.69. The molecule has 3 heteroatoms. The van der Waals surface area contributed by atoms with Gasteiger partial charge in [-0.1, -0.05) is 52.8 Å². The third-order valence-corrected chi connectivity index (χ3v) is 3.29. The number of hydrogen-bond acceptors (Lipinski definition) is 2. The van der Waals surface area contributed by atoms with Gasteiger partial charge in [-0.2, -0.15) is 0 Å². The maximum Gasteiger partial charge on any atom is 0.305 e. The molecule has 0 heterocycles. The average molecular weight is 365 g/mol. The lowest BCUT2D eigenvalue weighted by Crippen LogP contribution is -1.98. The van der Waals surface area contributed by atoms with E-state index < -0.39 is 0 Å². The van der Waals surface area contributed by atoms with E-state index in [9.17, 15) is 4.79 Å². The number of carbonyl (C=O) groups is 1. The number of carbonyl (C=O) groups excluding carboxylic acids is 1. The number of hydrogen-bond donors (Lipinski definition) is 0. The number of unbranched alkanes of at least 4 members (excludes halogenated alkanes) is 6. The predicted molar refractivity (Wildman–Crippen MR) is 96.3 cm³/mol. The second-order valence-corrected chi connectivity index (χ2v) is 5.29. The van der Waals surface area contributed by atoms with Crippen molar-refractivity contribution in [3.05, 3.63) is 23.2 Å². The molecule has 0 amide bonds. The average Bonchev–Trinajstić information content (AvgIpc) is 2.54. The van der Waals surface area contributed by atoms with Crippen LogP contribution < -0.4 is 0 Å². The Kier molecular flexibility index (Phi) is 16.4. The second kappa shape index (κ2) is 17.6. The van der Waals surface area contributed by atoms with E-state index in [4.69, 9.17) is 0 Å². The molecule has 22 heavy (non-hydrogen) atoms. The molecule has 0 spiro atoms. The third kappa shape index (κ3) is 16.6. The molecule has 120 valence electrons. The van der Waals surface area contributed by atoms with Crippen LogP contribution in [0.3, 0.4) is 0 Å². The molecule has 0 aliphatic rings. The molecule has 0 radical (unpaired) electrons. The molecular weight excluding hydrogens is 340 g/mol. The highest BCUT2D eigenvalue weighted by Gasteiger charge is 1.96. The van der Waals surface area contributed by atoms with Crippen LogP contribution in [-0.4, -0.2) is 13.1 Å². The van der Waals surface area contributed by atoms with E-state index >= 15 is 0 Å². The van der Waals surface area contributed by atoms with Crippen molar-refractivity contribution in [2.24, 2.45) is 0 Å². The fraction of sp³-hybridized carbons (Fsp3) is 0.526. The molecule has 0 fully saturated rings. The SMILES string of the molecule is COC(=O)CCCC#CC#C/C=C/CCCCCC/C=C/Br. The monoisotopic (exact) mass is 364 g/mol. The molecule has 0 saturated carbocycles. The quantitative estimate of drug-likeness (QED) is 0.304. The summed E-state index contributed by atoms with van der Waals surface area (Å²) in [5.74, 6) is 11.2. The molecule has 2 nitrogen and oxygen atoms in total. The van der Waals surface area contributed by atoms with Crippen LogP contribution >= 0.6 is 15.9 Å². The van der Waals surface area contributed by atoms with Crippen molar-refractivity contribution in [3.8, 4) is 23.7 Å². The minimum Gasteiger partial charge on any atom is -0.469 e. The Bertz CT molecular complexity index is 455. The van der Waals surface area contributed by atoms with Gasteiger partial charge in [-0.25, -0.2) is 0 Å². The minimum atomic E-state index is -0.185. The number of ether oxygens (including phenoxy) is 1. The summed E-state index contributed by atoms with van der Waals surface area (Å²) in [6.07, 6.45) is 15.2. The lowest BCUT2D eigenvalue weighted by atomic mass is 10.1. The van der Waals surface area contributed by atoms with Gasteiger partial charge in [0.05, 0.1) is 7.11 Å². The van der Waals surface area contributed by atoms with Crippen LogP contribution in [0.15, 0.2) is 23.2 Å². The highest BCUT2D eigenvalue weighted by molar-refractivity contribution is 9.11. The Balaban J connectivity index is 3.48. The maximum atomic E-state index is 10.8. The number of allylic oxidation sites excluding steroid dienone is 3. The fourth-order valence-corrected chi connectivity index (χ4v) is 1.96. The van der Waals surface area contributed by atoms with E-state index in [1.165, 1.54) is 32.8 Å². The van der Waals surface area contributed by atoms with Crippen molar-refractivity contribution in [2.75, 3.05) is 7.11 Å². The molecule has 0 rings (SSSR count). The molecule has 0 N–H and O–H groups in total. The zero-order valence-electron chi connectivity index (χ0n) is 13.4. The van der Waals surface area contributed by atoms with Gasteiger partial charge in [-0.15, -0.1) is 0 Å². The van der Waals surface area contributed by atoms with Gasteiger partial charge in [0, 0.05) is 12.8 Å². The first kappa shape index (κ1) is 20.6. The van der Waals surface area contributed by atoms with Gasteiger partial charge in [0.2, 0.25) is 0 Å². The standard InChI is InChI=1S/C19H25BrO2/c1-22-19(21)17-15-13-11-9-7-5-3-2-4-6-8-10-12-14-16-18-20/h2-3,16,18H,4,6,8,10,12-15,17H2,1H3/b3-2+,18-16+. The Morgan fingerprint density at radius 2 is 1.77 bits per heavy atom. The van der Waals surface area contributed by atoms with Crippen LogP contribution in [0.25, 0.3) is 0 Å². The zero-order chi connectivity index (χ0) is 16.3. The highest BCUT2D eigenvalue weighted by atomic mass is 79.9. The van der Waals surface area contributed by atoms with Gasteiger partial charge in [0.15, 0.2) is 0 Å². The van der Waals surface area contributed by atoms with Gasteiger partial charge >= 0.3 is 5.97 Å². The number of rotatable bonds is 10. The summed E-state index contributed by atoms with van der Waals surface area (Å²) in [6, 6.07) is 0. The Morgan fingerprint density at radius 3 is 2.45 bits per heavy atom. The smallest absolute Gasteiger partial charge is 0.305 e. The van der Waals surface area contributed by atoms with Crippen LogP contribution in [0.1, 0.15) is 57.8 Å². The molecule has 0 aromatic carbocycles. The summed E-state index contributed by atoms with van der Waals surface area (Å²) in [7, 11) is 1.40. The van der Waals surface area contributed by atoms with Crippen LogP contribution in [-0.2, 0) is 9.53 Å². The lowest BCUT2D eigenvalue weighted by Gasteiger charge is -1.95. The topological polar surface area (TPSA) is 26.3 Å². The van der Waals surface area contributed by atoms with Crippen molar-refractivity contribution < 1.29 is 9.53 Å². The van der Waals surface area contributed by atoms with Gasteiger partial charge in [0.1, 0.15) is 0 Å². The van der Waals surface area contributed by atoms with E-state index in [-0.39, 0.29) is 5.97 Å². The first-order chi connectivity index (χ1) is 10.8. The van der Waals surface area contributed by atoms with E-state index in [1.807, 2.05) is 11.1 Å². The van der Waals surface area contributed by atoms with Gasteiger partial charge < -0.3 is 4.74 Å². The summed E-state index contributed by atoms with van der Waals surface area (Å²) in [5, 5.41) is 0. The summed E-state index contributed by atoms with van der Waals surface area (Å²) < 4.78 is 4.55. The molecule has 0 unspecified atom stereocenters. The van der Waals surface area contributed by atoms with Gasteiger partial charge in [0.25, 0.3) is 0 Å². The van der Waals surface area contributed by atoms with Crippen LogP contribution in [0.5, 0.6) is 0 Å². The van der Waals surface area contributed by atoms with Crippen molar-refractivity contribution in [2.45, 2.75) is 57.8 Å². The molecular formula is C19H25BrO2. The van der Waals surface area contributed by atoms with E-state index in [0.717, 1.165) is 19.3 Å². The van der Waals surface area contributed by atoms with Crippen LogP contribution in [0, 0.1) is 23.7 Å². The molecule has 0 aliphatic carbocycles. The molecule has 0 aromatic rings. The first-order valence-corrected chi connectivity index (χ1v) is 8.68. The Labute approximate surface area is 143 Å². The summed E-state index contributed by atoms with van der Waals surface area (Å²) in [4.78, 5) is 12.8. The summed E-state index contributed by atoms with van der Waals surface area (Å²) >= 11 is 3.27. The van der Waals surface area contributed by atoms with Crippen molar-refractivity contribution in [1.82, 2.24) is 0 Å². The predicted octanol–water partition coefficient (Wildman–Crippen LogP) is 5.14. The molecule has 0 aromatic heterocycles. The first-order valence-electron chi connectivity index (χ1n) is 7.76. The largest absolute Gasteiger partial charge is 0.469 e. The van der Waals surface area contributed by atoms with Crippen molar-refractivity contribution >= 4 is 21.9 Å². The molecule has 0 atom stereocenters. The van der Waals surface area contributed by atoms with Gasteiger partial charge in [-0.3, -0.25) is 4.79 Å². The normalized spacial score (nSPS) is 10.1. The molecule has 0 saturated heterocycles. The second-order valence-electron chi connectivity index (χ2n) is 4.76. The number of methoxy groups -OCH3 is 1. The lowest BCUT2D eigenvalue weighted by molar-refractivity contribution is -0.140. The molecule has 0 bridgehead atoms. The number of halogens is 1. The van der Waals surface area contributed by atoms with Crippen molar-refractivity contribution in [3.63, 3.8) is 0 Å². The van der Waals surface area contributed by atoms with E-state index in [2.05, 4.69) is 56.5 Å². The highest BCUT2D eigenvalue weighted by Crippen LogP contribution is 2.06. The van der Waals surface area contributed by atoms with Crippen molar-refractivity contribution in [1.29, 1.82) is 0 Å². The van der Waals surface area contributed by atoms with Gasteiger partial charge in [-0.05, 0) is 55.0 Å². The van der Waals surface area contributed by atoms with E-state index in [1.54, 1.807) is 0 Å². The number of esters is 1. The third-order valence-electron chi connectivity index (χ3n) is 2.92. The van der Waals surface area contributed by atoms with Crippen LogP contribution in [0.2, 0.25) is 0 Å². The maximum absolute atomic E-state index is 10.8. The Hall–Kier alpha value is -1.45. The van der Waals surface area contributed by atoms with E-state index in [0.29, 0.717) is 12.8 Å². The Morgan fingerprint density at radius 1 is 1.05 bits per heavy atom. The van der Waals surface area contributed by atoms with Crippen LogP contribution in [0.4, 0.5) is 0 Å².